The van der Waals surface area contributed by atoms with Crippen LogP contribution in [-0.4, -0.2) is 19.2 Å². The number of hydrogen-bond acceptors (Lipinski definition) is 3. The summed E-state index contributed by atoms with van der Waals surface area (Å²) in [6.45, 7) is 8.57. The highest BCUT2D eigenvalue weighted by atomic mass is 79.9. The second-order valence-corrected chi connectivity index (χ2v) is 6.27. The van der Waals surface area contributed by atoms with Gasteiger partial charge in [-0.2, -0.15) is 0 Å². The van der Waals surface area contributed by atoms with Crippen LogP contribution in [0.3, 0.4) is 0 Å². The lowest BCUT2D eigenvalue weighted by molar-refractivity contribution is -0.142. The molecule has 0 heterocycles. The fraction of sp³-hybridized carbons (Fsp3) is 0.471. The molecule has 0 fully saturated rings. The normalized spacial score (nSPS) is 12.1. The molecule has 0 bridgehead atoms. The average molecular weight is 355 g/mol. The van der Waals surface area contributed by atoms with Gasteiger partial charge in [-0.05, 0) is 43.4 Å². The molecule has 0 aromatic heterocycles. The minimum absolute atomic E-state index is 0.221. The Morgan fingerprint density at radius 1 is 1.19 bits per heavy atom. The molecule has 0 N–H and O–H groups in total. The summed E-state index contributed by atoms with van der Waals surface area (Å²) >= 11 is 3.56. The van der Waals surface area contributed by atoms with Gasteiger partial charge in [0.2, 0.25) is 5.76 Å². The molecule has 0 atom stereocenters. The second kappa shape index (κ2) is 8.23. The molecule has 0 spiro atoms. The lowest BCUT2D eigenvalue weighted by atomic mass is 9.85. The molecule has 0 saturated carbocycles. The van der Waals surface area contributed by atoms with Gasteiger partial charge in [0.05, 0.1) is 13.2 Å². The number of benzene rings is 1. The van der Waals surface area contributed by atoms with Crippen LogP contribution in [-0.2, 0) is 20.7 Å². The summed E-state index contributed by atoms with van der Waals surface area (Å²) in [5.41, 5.74) is 0.972. The van der Waals surface area contributed by atoms with E-state index in [2.05, 4.69) is 35.8 Å². The minimum Gasteiger partial charge on any atom is -0.487 e. The molecule has 0 aliphatic rings. The van der Waals surface area contributed by atoms with Crippen LogP contribution in [0.1, 0.15) is 33.3 Å². The van der Waals surface area contributed by atoms with Crippen molar-refractivity contribution >= 4 is 21.9 Å². The SMILES string of the molecule is CCOC(=O)C(=CC(C)(C)Cc1ccccc1Br)OCC. The largest absolute Gasteiger partial charge is 0.487 e. The molecule has 1 aromatic carbocycles. The number of ether oxygens (including phenoxy) is 2. The highest BCUT2D eigenvalue weighted by Gasteiger charge is 2.22. The van der Waals surface area contributed by atoms with E-state index in [1.54, 1.807) is 6.92 Å². The Morgan fingerprint density at radius 2 is 1.81 bits per heavy atom. The third-order valence-corrected chi connectivity index (χ3v) is 3.68. The van der Waals surface area contributed by atoms with Crippen molar-refractivity contribution in [1.82, 2.24) is 0 Å². The summed E-state index contributed by atoms with van der Waals surface area (Å²) in [6, 6.07) is 8.09. The van der Waals surface area contributed by atoms with Gasteiger partial charge in [-0.1, -0.05) is 48.0 Å². The summed E-state index contributed by atoms with van der Waals surface area (Å²) in [6.07, 6.45) is 2.65. The molecule has 21 heavy (non-hydrogen) atoms. The Morgan fingerprint density at radius 3 is 2.38 bits per heavy atom. The Balaban J connectivity index is 2.95. The molecule has 1 rings (SSSR count). The van der Waals surface area contributed by atoms with Gasteiger partial charge < -0.3 is 9.47 Å². The maximum Gasteiger partial charge on any atom is 0.373 e. The van der Waals surface area contributed by atoms with Gasteiger partial charge in [0.15, 0.2) is 0 Å². The van der Waals surface area contributed by atoms with Crippen molar-refractivity contribution in [1.29, 1.82) is 0 Å². The van der Waals surface area contributed by atoms with E-state index in [0.717, 1.165) is 10.9 Å². The second-order valence-electron chi connectivity index (χ2n) is 5.42. The number of carbonyl (C=O) groups excluding carboxylic acids is 1. The molecular formula is C17H23BrO3. The number of allylic oxidation sites excluding steroid dienone is 1. The smallest absolute Gasteiger partial charge is 0.373 e. The third kappa shape index (κ3) is 5.92. The van der Waals surface area contributed by atoms with E-state index in [1.807, 2.05) is 31.2 Å². The van der Waals surface area contributed by atoms with Crippen LogP contribution in [0.4, 0.5) is 0 Å². The molecule has 3 nitrogen and oxygen atoms in total. The molecule has 4 heteroatoms. The third-order valence-electron chi connectivity index (χ3n) is 2.90. The molecule has 0 unspecified atom stereocenters. The van der Waals surface area contributed by atoms with Crippen molar-refractivity contribution in [2.75, 3.05) is 13.2 Å². The number of hydrogen-bond donors (Lipinski definition) is 0. The van der Waals surface area contributed by atoms with Crippen LogP contribution in [0.2, 0.25) is 0 Å². The number of halogens is 1. The standard InChI is InChI=1S/C17H23BrO3/c1-5-20-15(16(19)21-6-2)12-17(3,4)11-13-9-7-8-10-14(13)18/h7-10,12H,5-6,11H2,1-4H3. The highest BCUT2D eigenvalue weighted by Crippen LogP contribution is 2.29. The zero-order valence-electron chi connectivity index (χ0n) is 13.1. The summed E-state index contributed by atoms with van der Waals surface area (Å²) in [5, 5.41) is 0. The van der Waals surface area contributed by atoms with Crippen LogP contribution in [0.25, 0.3) is 0 Å². The first kappa shape index (κ1) is 17.8. The lowest BCUT2D eigenvalue weighted by Gasteiger charge is -2.22. The minimum atomic E-state index is -0.403. The Labute approximate surface area is 135 Å². The molecule has 116 valence electrons. The van der Waals surface area contributed by atoms with E-state index < -0.39 is 5.97 Å². The van der Waals surface area contributed by atoms with Crippen LogP contribution in [0.15, 0.2) is 40.6 Å². The first-order valence-corrected chi connectivity index (χ1v) is 7.95. The van der Waals surface area contributed by atoms with Gasteiger partial charge in [0.25, 0.3) is 0 Å². The van der Waals surface area contributed by atoms with E-state index in [1.165, 1.54) is 5.56 Å². The summed E-state index contributed by atoms with van der Waals surface area (Å²) in [5.74, 6) is -0.115. The highest BCUT2D eigenvalue weighted by molar-refractivity contribution is 9.10. The first-order valence-electron chi connectivity index (χ1n) is 7.15. The van der Waals surface area contributed by atoms with Crippen molar-refractivity contribution < 1.29 is 14.3 Å². The molecule has 0 saturated heterocycles. The van der Waals surface area contributed by atoms with Crippen molar-refractivity contribution in [2.45, 2.75) is 34.1 Å². The van der Waals surface area contributed by atoms with E-state index in [9.17, 15) is 4.79 Å². The maximum absolute atomic E-state index is 11.9. The molecule has 0 radical (unpaired) electrons. The van der Waals surface area contributed by atoms with E-state index in [4.69, 9.17) is 9.47 Å². The Bertz CT molecular complexity index is 507. The van der Waals surface area contributed by atoms with E-state index in [0.29, 0.717) is 13.2 Å². The van der Waals surface area contributed by atoms with Crippen molar-refractivity contribution in [3.63, 3.8) is 0 Å². The zero-order valence-corrected chi connectivity index (χ0v) is 14.7. The van der Waals surface area contributed by atoms with Gasteiger partial charge in [-0.25, -0.2) is 4.79 Å². The summed E-state index contributed by atoms with van der Waals surface area (Å²) in [4.78, 5) is 11.9. The quantitative estimate of drug-likeness (QED) is 0.410. The molecule has 0 aliphatic carbocycles. The number of esters is 1. The number of carbonyl (C=O) groups is 1. The predicted octanol–water partition coefficient (Wildman–Crippen LogP) is 4.50. The lowest BCUT2D eigenvalue weighted by Crippen LogP contribution is -2.18. The first-order chi connectivity index (χ1) is 9.89. The topological polar surface area (TPSA) is 35.5 Å². The Kier molecular flexibility index (Phi) is 6.96. The van der Waals surface area contributed by atoms with Crippen LogP contribution in [0.5, 0.6) is 0 Å². The molecule has 0 aliphatic heterocycles. The van der Waals surface area contributed by atoms with Crippen molar-refractivity contribution in [3.05, 3.63) is 46.1 Å². The zero-order chi connectivity index (χ0) is 15.9. The van der Waals surface area contributed by atoms with E-state index in [-0.39, 0.29) is 11.2 Å². The molecule has 1 aromatic rings. The van der Waals surface area contributed by atoms with Crippen molar-refractivity contribution in [3.8, 4) is 0 Å². The number of rotatable bonds is 7. The fourth-order valence-corrected chi connectivity index (χ4v) is 2.48. The maximum atomic E-state index is 11.9. The average Bonchev–Trinajstić information content (AvgIpc) is 2.41. The van der Waals surface area contributed by atoms with Gasteiger partial charge in [-0.15, -0.1) is 0 Å². The van der Waals surface area contributed by atoms with E-state index >= 15 is 0 Å². The molecule has 0 amide bonds. The summed E-state index contributed by atoms with van der Waals surface area (Å²) < 4.78 is 11.5. The van der Waals surface area contributed by atoms with Crippen molar-refractivity contribution in [2.24, 2.45) is 5.41 Å². The van der Waals surface area contributed by atoms with Crippen LogP contribution in [0, 0.1) is 5.41 Å². The fourth-order valence-electron chi connectivity index (χ4n) is 2.06. The van der Waals surface area contributed by atoms with Crippen LogP contribution < -0.4 is 0 Å². The predicted molar refractivity (Wildman–Crippen MR) is 88.0 cm³/mol. The Hall–Kier alpha value is -1.29. The monoisotopic (exact) mass is 354 g/mol. The van der Waals surface area contributed by atoms with Gasteiger partial charge in [-0.3, -0.25) is 0 Å². The van der Waals surface area contributed by atoms with Gasteiger partial charge in [0, 0.05) is 4.47 Å². The van der Waals surface area contributed by atoms with Gasteiger partial charge in [0.1, 0.15) is 0 Å². The van der Waals surface area contributed by atoms with Crippen LogP contribution >= 0.6 is 15.9 Å². The van der Waals surface area contributed by atoms with Gasteiger partial charge >= 0.3 is 5.97 Å². The summed E-state index contributed by atoms with van der Waals surface area (Å²) in [7, 11) is 0. The molecular weight excluding hydrogens is 332 g/mol.